The van der Waals surface area contributed by atoms with Crippen LogP contribution in [-0.4, -0.2) is 47.3 Å². The molecule has 0 radical (unpaired) electrons. The second-order valence-electron chi connectivity index (χ2n) is 4.68. The molecule has 1 aliphatic heterocycles. The van der Waals surface area contributed by atoms with E-state index in [1.807, 2.05) is 6.26 Å². The summed E-state index contributed by atoms with van der Waals surface area (Å²) in [4.78, 5) is 11.0. The summed E-state index contributed by atoms with van der Waals surface area (Å²) in [6.07, 6.45) is 5.83. The molecule has 0 spiro atoms. The van der Waals surface area contributed by atoms with Gasteiger partial charge < -0.3 is 16.0 Å². The molecule has 1 atom stereocenters. The third-order valence-corrected chi connectivity index (χ3v) is 3.90. The summed E-state index contributed by atoms with van der Waals surface area (Å²) in [6, 6.07) is 2.38. The summed E-state index contributed by atoms with van der Waals surface area (Å²) in [7, 11) is 2.19. The lowest BCUT2D eigenvalue weighted by molar-refractivity contribution is 0.194. The van der Waals surface area contributed by atoms with Crippen molar-refractivity contribution in [1.29, 1.82) is 0 Å². The number of anilines is 2. The van der Waals surface area contributed by atoms with Gasteiger partial charge in [-0.25, -0.2) is 9.97 Å². The highest BCUT2D eigenvalue weighted by molar-refractivity contribution is 7.98. The fraction of sp³-hybridized carbons (Fsp3) is 0.667. The van der Waals surface area contributed by atoms with Gasteiger partial charge in [-0.05, 0) is 32.7 Å². The number of nitrogen functional groups attached to an aromatic ring is 1. The van der Waals surface area contributed by atoms with Crippen molar-refractivity contribution >= 4 is 23.4 Å². The van der Waals surface area contributed by atoms with Crippen molar-refractivity contribution in [1.82, 2.24) is 14.9 Å². The average Bonchev–Trinajstić information content (AvgIpc) is 2.37. The monoisotopic (exact) mass is 267 g/mol. The summed E-state index contributed by atoms with van der Waals surface area (Å²) in [5.74, 6) is 1.35. The number of thioether (sulfide) groups is 1. The van der Waals surface area contributed by atoms with E-state index in [-0.39, 0.29) is 0 Å². The molecule has 6 heteroatoms. The molecule has 0 aliphatic carbocycles. The van der Waals surface area contributed by atoms with E-state index in [1.54, 1.807) is 6.07 Å². The molecule has 1 aromatic heterocycles. The molecule has 5 nitrogen and oxygen atoms in total. The Morgan fingerprint density at radius 2 is 2.33 bits per heavy atom. The molecule has 100 valence electrons. The van der Waals surface area contributed by atoms with Crippen LogP contribution < -0.4 is 11.1 Å². The number of hydrogen-bond donors (Lipinski definition) is 2. The lowest BCUT2D eigenvalue weighted by atomic mass is 10.0. The normalized spacial score (nSPS) is 20.9. The average molecular weight is 267 g/mol. The first-order valence-electron chi connectivity index (χ1n) is 6.31. The van der Waals surface area contributed by atoms with Gasteiger partial charge in [-0.15, -0.1) is 0 Å². The first-order chi connectivity index (χ1) is 8.69. The fourth-order valence-corrected chi connectivity index (χ4v) is 2.64. The van der Waals surface area contributed by atoms with E-state index in [9.17, 15) is 0 Å². The first-order valence-corrected chi connectivity index (χ1v) is 7.54. The van der Waals surface area contributed by atoms with Crippen molar-refractivity contribution in [3.63, 3.8) is 0 Å². The van der Waals surface area contributed by atoms with E-state index in [0.29, 0.717) is 11.9 Å². The van der Waals surface area contributed by atoms with E-state index >= 15 is 0 Å². The summed E-state index contributed by atoms with van der Waals surface area (Å²) in [5.41, 5.74) is 5.76. The fourth-order valence-electron chi connectivity index (χ4n) is 2.25. The second kappa shape index (κ2) is 6.24. The van der Waals surface area contributed by atoms with Gasteiger partial charge in [-0.2, -0.15) is 0 Å². The number of likely N-dealkylation sites (N-methyl/N-ethyl adjacent to an activating group) is 1. The van der Waals surface area contributed by atoms with Crippen LogP contribution >= 0.6 is 11.8 Å². The number of nitrogens with zero attached hydrogens (tertiary/aromatic N) is 3. The zero-order chi connectivity index (χ0) is 13.0. The minimum Gasteiger partial charge on any atom is -0.383 e. The second-order valence-corrected chi connectivity index (χ2v) is 5.45. The molecule has 1 saturated heterocycles. The maximum atomic E-state index is 5.76. The minimum atomic E-state index is 0.522. The van der Waals surface area contributed by atoms with E-state index in [2.05, 4.69) is 27.2 Å². The SMILES string of the molecule is CSc1nc(N)cc(NCC2CCCCN2C)n1. The Bertz CT molecular complexity index is 398. The van der Waals surface area contributed by atoms with E-state index in [4.69, 9.17) is 5.73 Å². The molecule has 1 fully saturated rings. The summed E-state index contributed by atoms with van der Waals surface area (Å²) >= 11 is 1.51. The molecule has 0 bridgehead atoms. The zero-order valence-electron chi connectivity index (χ0n) is 11.0. The van der Waals surface area contributed by atoms with Gasteiger partial charge in [0.05, 0.1) is 0 Å². The molecule has 0 amide bonds. The van der Waals surface area contributed by atoms with Crippen LogP contribution in [0.1, 0.15) is 19.3 Å². The van der Waals surface area contributed by atoms with Gasteiger partial charge in [0, 0.05) is 18.7 Å². The molecule has 1 unspecified atom stereocenters. The Balaban J connectivity index is 1.94. The van der Waals surface area contributed by atoms with E-state index in [1.165, 1.54) is 37.6 Å². The summed E-state index contributed by atoms with van der Waals surface area (Å²) in [6.45, 7) is 2.11. The molecular weight excluding hydrogens is 246 g/mol. The van der Waals surface area contributed by atoms with Crippen molar-refractivity contribution in [3.05, 3.63) is 6.07 Å². The van der Waals surface area contributed by atoms with Crippen LogP contribution in [0.15, 0.2) is 11.2 Å². The maximum absolute atomic E-state index is 5.76. The number of nitrogens with one attached hydrogen (secondary N) is 1. The van der Waals surface area contributed by atoms with Crippen LogP contribution in [0.4, 0.5) is 11.6 Å². The van der Waals surface area contributed by atoms with Crippen molar-refractivity contribution < 1.29 is 0 Å². The molecular formula is C12H21N5S. The highest BCUT2D eigenvalue weighted by Gasteiger charge is 2.18. The van der Waals surface area contributed by atoms with Gasteiger partial charge >= 0.3 is 0 Å². The summed E-state index contributed by atoms with van der Waals surface area (Å²) < 4.78 is 0. The molecule has 0 aromatic carbocycles. The standard InChI is InChI=1S/C12H21N5S/c1-17-6-4-3-5-9(17)8-14-11-7-10(13)15-12(16-11)18-2/h7,9H,3-6,8H2,1-2H3,(H3,13,14,15,16). The van der Waals surface area contributed by atoms with Crippen LogP contribution in [0.2, 0.25) is 0 Å². The molecule has 2 heterocycles. The molecule has 3 N–H and O–H groups in total. The van der Waals surface area contributed by atoms with Crippen LogP contribution in [0, 0.1) is 0 Å². The van der Waals surface area contributed by atoms with Gasteiger partial charge in [0.25, 0.3) is 0 Å². The van der Waals surface area contributed by atoms with Crippen LogP contribution in [0.3, 0.4) is 0 Å². The van der Waals surface area contributed by atoms with Gasteiger partial charge in [-0.3, -0.25) is 0 Å². The molecule has 0 saturated carbocycles. The predicted octanol–water partition coefficient (Wildman–Crippen LogP) is 1.68. The molecule has 1 aliphatic rings. The number of nitrogens with two attached hydrogens (primary N) is 1. The maximum Gasteiger partial charge on any atom is 0.191 e. The Kier molecular flexibility index (Phi) is 4.66. The highest BCUT2D eigenvalue weighted by atomic mass is 32.2. The quantitative estimate of drug-likeness (QED) is 0.639. The van der Waals surface area contributed by atoms with Crippen LogP contribution in [0.5, 0.6) is 0 Å². The number of likely N-dealkylation sites (tertiary alicyclic amines) is 1. The summed E-state index contributed by atoms with van der Waals surface area (Å²) in [5, 5.41) is 4.09. The molecule has 1 aromatic rings. The van der Waals surface area contributed by atoms with Gasteiger partial charge in [0.2, 0.25) is 0 Å². The first kappa shape index (κ1) is 13.4. The lowest BCUT2D eigenvalue weighted by Crippen LogP contribution is -2.40. The van der Waals surface area contributed by atoms with Crippen LogP contribution in [0.25, 0.3) is 0 Å². The number of hydrogen-bond acceptors (Lipinski definition) is 6. The Morgan fingerprint density at radius 1 is 1.50 bits per heavy atom. The minimum absolute atomic E-state index is 0.522. The zero-order valence-corrected chi connectivity index (χ0v) is 11.8. The van der Waals surface area contributed by atoms with E-state index < -0.39 is 0 Å². The van der Waals surface area contributed by atoms with Gasteiger partial charge in [-0.1, -0.05) is 18.2 Å². The Hall–Kier alpha value is -1.01. The smallest absolute Gasteiger partial charge is 0.191 e. The lowest BCUT2D eigenvalue weighted by Gasteiger charge is -2.32. The third-order valence-electron chi connectivity index (χ3n) is 3.35. The number of piperidine rings is 1. The molecule has 2 rings (SSSR count). The van der Waals surface area contributed by atoms with Gasteiger partial charge in [0.15, 0.2) is 5.16 Å². The van der Waals surface area contributed by atoms with Crippen molar-refractivity contribution in [2.24, 2.45) is 0 Å². The Labute approximate surface area is 113 Å². The Morgan fingerprint density at radius 3 is 3.06 bits per heavy atom. The predicted molar refractivity (Wildman–Crippen MR) is 77.0 cm³/mol. The number of rotatable bonds is 4. The van der Waals surface area contributed by atoms with Gasteiger partial charge in [0.1, 0.15) is 11.6 Å². The van der Waals surface area contributed by atoms with Crippen molar-refractivity contribution in [2.75, 3.05) is 37.4 Å². The van der Waals surface area contributed by atoms with E-state index in [0.717, 1.165) is 17.5 Å². The number of aromatic nitrogens is 2. The van der Waals surface area contributed by atoms with Crippen molar-refractivity contribution in [3.8, 4) is 0 Å². The largest absolute Gasteiger partial charge is 0.383 e. The highest BCUT2D eigenvalue weighted by Crippen LogP contribution is 2.18. The third kappa shape index (κ3) is 3.49. The van der Waals surface area contributed by atoms with Crippen LogP contribution in [-0.2, 0) is 0 Å². The topological polar surface area (TPSA) is 67.1 Å². The molecule has 18 heavy (non-hydrogen) atoms. The van der Waals surface area contributed by atoms with Crippen molar-refractivity contribution in [2.45, 2.75) is 30.5 Å².